The Hall–Kier alpha value is -2.24. The van der Waals surface area contributed by atoms with Gasteiger partial charge in [0.15, 0.2) is 0 Å². The second kappa shape index (κ2) is 8.63. The van der Waals surface area contributed by atoms with E-state index < -0.39 is 0 Å². The Morgan fingerprint density at radius 3 is 2.33 bits per heavy atom. The molecular weight excluding hydrogens is 387 g/mol. The number of piperidine rings is 1. The predicted molar refractivity (Wildman–Crippen MR) is 106 cm³/mol. The molecule has 1 aliphatic rings. The van der Waals surface area contributed by atoms with Crippen molar-refractivity contribution in [3.8, 4) is 5.75 Å². The number of amides is 2. The molecule has 0 aliphatic carbocycles. The van der Waals surface area contributed by atoms with Crippen molar-refractivity contribution in [1.82, 2.24) is 10.2 Å². The van der Waals surface area contributed by atoms with Crippen molar-refractivity contribution in [3.05, 3.63) is 63.6 Å². The smallest absolute Gasteiger partial charge is 0.253 e. The number of likely N-dealkylation sites (tertiary alicyclic amines) is 1. The molecule has 7 heteroatoms. The first kappa shape index (κ1) is 19.5. The summed E-state index contributed by atoms with van der Waals surface area (Å²) < 4.78 is 5.11. The molecule has 0 unspecified atom stereocenters. The summed E-state index contributed by atoms with van der Waals surface area (Å²) >= 11 is 12.0. The number of rotatable bonds is 4. The summed E-state index contributed by atoms with van der Waals surface area (Å²) in [5.74, 6) is 0.480. The molecule has 142 valence electrons. The normalized spacial score (nSPS) is 14.7. The van der Waals surface area contributed by atoms with Gasteiger partial charge in [0, 0.05) is 29.7 Å². The zero-order valence-electron chi connectivity index (χ0n) is 14.9. The van der Waals surface area contributed by atoms with E-state index in [1.807, 2.05) is 0 Å². The minimum absolute atomic E-state index is 0.00385. The number of hydrogen-bond donors (Lipinski definition) is 1. The average Bonchev–Trinajstić information content (AvgIpc) is 2.68. The van der Waals surface area contributed by atoms with E-state index in [0.717, 1.165) is 0 Å². The van der Waals surface area contributed by atoms with Crippen LogP contribution in [0.25, 0.3) is 0 Å². The highest BCUT2D eigenvalue weighted by atomic mass is 35.5. The highest BCUT2D eigenvalue weighted by Gasteiger charge is 2.25. The van der Waals surface area contributed by atoms with E-state index >= 15 is 0 Å². The van der Waals surface area contributed by atoms with Crippen LogP contribution in [-0.4, -0.2) is 43.0 Å². The Morgan fingerprint density at radius 2 is 1.74 bits per heavy atom. The summed E-state index contributed by atoms with van der Waals surface area (Å²) in [5.41, 5.74) is 1.03. The van der Waals surface area contributed by atoms with Gasteiger partial charge in [-0.2, -0.15) is 0 Å². The van der Waals surface area contributed by atoms with Crippen LogP contribution >= 0.6 is 23.2 Å². The van der Waals surface area contributed by atoms with Gasteiger partial charge in [-0.3, -0.25) is 9.59 Å². The van der Waals surface area contributed by atoms with Crippen molar-refractivity contribution in [2.75, 3.05) is 20.2 Å². The molecule has 5 nitrogen and oxygen atoms in total. The van der Waals surface area contributed by atoms with Gasteiger partial charge in [-0.15, -0.1) is 0 Å². The summed E-state index contributed by atoms with van der Waals surface area (Å²) in [6, 6.07) is 11.9. The monoisotopic (exact) mass is 406 g/mol. The molecule has 2 aromatic carbocycles. The van der Waals surface area contributed by atoms with Gasteiger partial charge in [0.2, 0.25) is 0 Å². The minimum Gasteiger partial charge on any atom is -0.497 e. The first-order chi connectivity index (χ1) is 13.0. The number of methoxy groups -OCH3 is 1. The van der Waals surface area contributed by atoms with Crippen LogP contribution in [0.3, 0.4) is 0 Å². The van der Waals surface area contributed by atoms with Crippen molar-refractivity contribution in [1.29, 1.82) is 0 Å². The van der Waals surface area contributed by atoms with Gasteiger partial charge in [-0.1, -0.05) is 23.2 Å². The Bertz CT molecular complexity index is 832. The highest BCUT2D eigenvalue weighted by Crippen LogP contribution is 2.22. The van der Waals surface area contributed by atoms with E-state index in [1.54, 1.807) is 54.5 Å². The molecule has 27 heavy (non-hydrogen) atoms. The number of nitrogens with zero attached hydrogens (tertiary/aromatic N) is 1. The van der Waals surface area contributed by atoms with Gasteiger partial charge >= 0.3 is 0 Å². The zero-order chi connectivity index (χ0) is 19.4. The minimum atomic E-state index is -0.225. The van der Waals surface area contributed by atoms with Crippen LogP contribution in [0.1, 0.15) is 33.6 Å². The number of carbonyl (C=O) groups excluding carboxylic acids is 2. The molecule has 0 atom stereocenters. The fraction of sp³-hybridized carbons (Fsp3) is 0.300. The molecule has 0 spiro atoms. The Balaban J connectivity index is 1.55. The molecule has 2 amide bonds. The van der Waals surface area contributed by atoms with Crippen molar-refractivity contribution < 1.29 is 14.3 Å². The van der Waals surface area contributed by atoms with Gasteiger partial charge in [0.05, 0.1) is 17.7 Å². The maximum atomic E-state index is 12.6. The topological polar surface area (TPSA) is 58.6 Å². The molecule has 0 aromatic heterocycles. The van der Waals surface area contributed by atoms with Crippen LogP contribution in [0.2, 0.25) is 10.0 Å². The van der Waals surface area contributed by atoms with Gasteiger partial charge in [-0.25, -0.2) is 0 Å². The van der Waals surface area contributed by atoms with Crippen molar-refractivity contribution in [3.63, 3.8) is 0 Å². The van der Waals surface area contributed by atoms with Crippen LogP contribution in [0.15, 0.2) is 42.5 Å². The van der Waals surface area contributed by atoms with E-state index in [0.29, 0.717) is 52.9 Å². The molecule has 2 aromatic rings. The molecular formula is C20H20Cl2N2O3. The first-order valence-corrected chi connectivity index (χ1v) is 9.43. The van der Waals surface area contributed by atoms with Crippen LogP contribution in [0, 0.1) is 0 Å². The summed E-state index contributed by atoms with van der Waals surface area (Å²) in [6.45, 7) is 1.17. The summed E-state index contributed by atoms with van der Waals surface area (Å²) in [5, 5.41) is 3.80. The van der Waals surface area contributed by atoms with Crippen LogP contribution < -0.4 is 10.1 Å². The van der Waals surface area contributed by atoms with Crippen molar-refractivity contribution in [2.45, 2.75) is 18.9 Å². The third kappa shape index (κ3) is 4.73. The predicted octanol–water partition coefficient (Wildman–Crippen LogP) is 4.04. The maximum absolute atomic E-state index is 12.6. The Kier molecular flexibility index (Phi) is 6.24. The Labute approximate surface area is 168 Å². The maximum Gasteiger partial charge on any atom is 0.253 e. The molecule has 0 saturated carbocycles. The zero-order valence-corrected chi connectivity index (χ0v) is 16.4. The third-order valence-electron chi connectivity index (χ3n) is 4.63. The number of hydrogen-bond acceptors (Lipinski definition) is 3. The molecule has 1 saturated heterocycles. The van der Waals surface area contributed by atoms with Gasteiger partial charge in [-0.05, 0) is 55.3 Å². The van der Waals surface area contributed by atoms with E-state index in [2.05, 4.69) is 5.32 Å². The molecule has 0 radical (unpaired) electrons. The van der Waals surface area contributed by atoms with Gasteiger partial charge in [0.1, 0.15) is 5.75 Å². The van der Waals surface area contributed by atoms with E-state index in [9.17, 15) is 9.59 Å². The van der Waals surface area contributed by atoms with Gasteiger partial charge < -0.3 is 15.0 Å². The molecule has 3 rings (SSSR count). The van der Waals surface area contributed by atoms with E-state index in [-0.39, 0.29) is 17.9 Å². The Morgan fingerprint density at radius 1 is 1.07 bits per heavy atom. The summed E-state index contributed by atoms with van der Waals surface area (Å²) in [4.78, 5) is 26.8. The average molecular weight is 407 g/mol. The van der Waals surface area contributed by atoms with E-state index in [1.165, 1.54) is 0 Å². The van der Waals surface area contributed by atoms with Gasteiger partial charge in [0.25, 0.3) is 11.8 Å². The largest absolute Gasteiger partial charge is 0.497 e. The third-order valence-corrected chi connectivity index (χ3v) is 5.18. The van der Waals surface area contributed by atoms with Crippen LogP contribution in [0.4, 0.5) is 0 Å². The lowest BCUT2D eigenvalue weighted by Gasteiger charge is -2.32. The standard InChI is InChI=1S/C20H20Cl2N2O3/c1-27-16-5-2-13(3-6-16)20(26)24-10-8-15(9-11-24)23-19(25)17-7-4-14(21)12-18(17)22/h2-7,12,15H,8-11H2,1H3,(H,23,25). The lowest BCUT2D eigenvalue weighted by molar-refractivity contribution is 0.0698. The number of carbonyl (C=O) groups is 2. The fourth-order valence-electron chi connectivity index (χ4n) is 3.08. The number of benzene rings is 2. The molecule has 1 fully saturated rings. The first-order valence-electron chi connectivity index (χ1n) is 8.67. The van der Waals surface area contributed by atoms with Crippen molar-refractivity contribution >= 4 is 35.0 Å². The number of halogens is 2. The molecule has 1 heterocycles. The molecule has 0 bridgehead atoms. The molecule has 1 N–H and O–H groups in total. The highest BCUT2D eigenvalue weighted by molar-refractivity contribution is 6.36. The number of nitrogens with one attached hydrogen (secondary N) is 1. The SMILES string of the molecule is COc1ccc(C(=O)N2CCC(NC(=O)c3ccc(Cl)cc3Cl)CC2)cc1. The molecule has 1 aliphatic heterocycles. The van der Waals surface area contributed by atoms with Crippen LogP contribution in [-0.2, 0) is 0 Å². The summed E-state index contributed by atoms with van der Waals surface area (Å²) in [6.07, 6.45) is 1.39. The number of ether oxygens (including phenoxy) is 1. The lowest BCUT2D eigenvalue weighted by atomic mass is 10.0. The quantitative estimate of drug-likeness (QED) is 0.833. The van der Waals surface area contributed by atoms with E-state index in [4.69, 9.17) is 27.9 Å². The van der Waals surface area contributed by atoms with Crippen molar-refractivity contribution in [2.24, 2.45) is 0 Å². The fourth-order valence-corrected chi connectivity index (χ4v) is 3.57. The summed E-state index contributed by atoms with van der Waals surface area (Å²) in [7, 11) is 1.59. The second-order valence-corrected chi connectivity index (χ2v) is 7.24. The lowest BCUT2D eigenvalue weighted by Crippen LogP contribution is -2.46. The van der Waals surface area contributed by atoms with Crippen LogP contribution in [0.5, 0.6) is 5.75 Å². The second-order valence-electron chi connectivity index (χ2n) is 6.39.